The van der Waals surface area contributed by atoms with Crippen LogP contribution in [0.15, 0.2) is 18.7 Å². The SMILES string of the molecule is CCC(C)C(C)(C)n1ccnc1. The number of aromatic nitrogens is 2. The maximum atomic E-state index is 4.07. The van der Waals surface area contributed by atoms with Gasteiger partial charge in [0.1, 0.15) is 0 Å². The molecule has 0 fully saturated rings. The van der Waals surface area contributed by atoms with E-state index in [0.717, 1.165) is 0 Å². The maximum Gasteiger partial charge on any atom is 0.0951 e. The van der Waals surface area contributed by atoms with E-state index < -0.39 is 0 Å². The molecule has 68 valence electrons. The molecule has 2 nitrogen and oxygen atoms in total. The van der Waals surface area contributed by atoms with E-state index in [1.807, 2.05) is 18.7 Å². The van der Waals surface area contributed by atoms with Crippen molar-refractivity contribution in [3.05, 3.63) is 18.7 Å². The third kappa shape index (κ3) is 1.52. The van der Waals surface area contributed by atoms with Crippen LogP contribution in [-0.4, -0.2) is 9.55 Å². The van der Waals surface area contributed by atoms with Gasteiger partial charge in [0.25, 0.3) is 0 Å². The first kappa shape index (κ1) is 9.30. The lowest BCUT2D eigenvalue weighted by molar-refractivity contribution is 0.226. The first-order chi connectivity index (χ1) is 5.59. The Labute approximate surface area is 74.6 Å². The molecule has 0 aliphatic rings. The highest BCUT2D eigenvalue weighted by molar-refractivity contribution is 4.88. The van der Waals surface area contributed by atoms with Gasteiger partial charge in [-0.15, -0.1) is 0 Å². The molecule has 12 heavy (non-hydrogen) atoms. The fraction of sp³-hybridized carbons (Fsp3) is 0.700. The molecule has 1 atom stereocenters. The maximum absolute atomic E-state index is 4.07. The molecule has 0 aliphatic heterocycles. The van der Waals surface area contributed by atoms with Crippen LogP contribution in [0, 0.1) is 5.92 Å². The summed E-state index contributed by atoms with van der Waals surface area (Å²) < 4.78 is 2.18. The summed E-state index contributed by atoms with van der Waals surface area (Å²) in [4.78, 5) is 4.07. The monoisotopic (exact) mass is 166 g/mol. The van der Waals surface area contributed by atoms with Crippen molar-refractivity contribution < 1.29 is 0 Å². The molecule has 0 saturated heterocycles. The summed E-state index contributed by atoms with van der Waals surface area (Å²) >= 11 is 0. The lowest BCUT2D eigenvalue weighted by Crippen LogP contribution is -2.32. The van der Waals surface area contributed by atoms with Gasteiger partial charge in [-0.25, -0.2) is 4.98 Å². The minimum atomic E-state index is 0.186. The topological polar surface area (TPSA) is 17.8 Å². The second-order valence-corrected chi connectivity index (χ2v) is 3.93. The normalized spacial score (nSPS) is 14.7. The van der Waals surface area contributed by atoms with Gasteiger partial charge in [-0.3, -0.25) is 0 Å². The van der Waals surface area contributed by atoms with Crippen molar-refractivity contribution in [2.75, 3.05) is 0 Å². The highest BCUT2D eigenvalue weighted by atomic mass is 15.1. The summed E-state index contributed by atoms with van der Waals surface area (Å²) in [6.07, 6.45) is 6.97. The van der Waals surface area contributed by atoms with Crippen LogP contribution in [0.1, 0.15) is 34.1 Å². The van der Waals surface area contributed by atoms with Crippen LogP contribution in [0.5, 0.6) is 0 Å². The van der Waals surface area contributed by atoms with Gasteiger partial charge in [0, 0.05) is 17.9 Å². The van der Waals surface area contributed by atoms with Crippen LogP contribution in [0.25, 0.3) is 0 Å². The molecular formula is C10H18N2. The third-order valence-electron chi connectivity index (χ3n) is 2.99. The predicted molar refractivity (Wildman–Crippen MR) is 51.0 cm³/mol. The Kier molecular flexibility index (Phi) is 2.55. The number of hydrogen-bond donors (Lipinski definition) is 0. The number of imidazole rings is 1. The van der Waals surface area contributed by atoms with Crippen LogP contribution in [0.4, 0.5) is 0 Å². The highest BCUT2D eigenvalue weighted by Gasteiger charge is 2.25. The summed E-state index contributed by atoms with van der Waals surface area (Å²) in [5.74, 6) is 0.673. The van der Waals surface area contributed by atoms with Crippen molar-refractivity contribution in [3.63, 3.8) is 0 Å². The molecule has 1 aromatic rings. The second-order valence-electron chi connectivity index (χ2n) is 3.93. The van der Waals surface area contributed by atoms with Gasteiger partial charge in [0.2, 0.25) is 0 Å². The fourth-order valence-electron chi connectivity index (χ4n) is 1.35. The minimum Gasteiger partial charge on any atom is -0.332 e. The summed E-state index contributed by atoms with van der Waals surface area (Å²) in [7, 11) is 0. The van der Waals surface area contributed by atoms with Gasteiger partial charge >= 0.3 is 0 Å². The molecule has 1 heterocycles. The Morgan fingerprint density at radius 1 is 1.50 bits per heavy atom. The molecule has 2 heteroatoms. The molecule has 1 unspecified atom stereocenters. The van der Waals surface area contributed by atoms with Crippen LogP contribution in [0.2, 0.25) is 0 Å². The van der Waals surface area contributed by atoms with Crippen molar-refractivity contribution >= 4 is 0 Å². The number of hydrogen-bond acceptors (Lipinski definition) is 1. The Morgan fingerprint density at radius 2 is 2.17 bits per heavy atom. The van der Waals surface area contributed by atoms with Crippen molar-refractivity contribution in [3.8, 4) is 0 Å². The fourth-order valence-corrected chi connectivity index (χ4v) is 1.35. The molecule has 0 radical (unpaired) electrons. The van der Waals surface area contributed by atoms with Gasteiger partial charge in [-0.2, -0.15) is 0 Å². The molecule has 1 aromatic heterocycles. The van der Waals surface area contributed by atoms with E-state index in [1.54, 1.807) is 0 Å². The Bertz CT molecular complexity index is 224. The second kappa shape index (κ2) is 3.30. The average Bonchev–Trinajstić information content (AvgIpc) is 2.55. The smallest absolute Gasteiger partial charge is 0.0951 e. The zero-order chi connectivity index (χ0) is 9.19. The molecule has 1 rings (SSSR count). The van der Waals surface area contributed by atoms with E-state index in [1.165, 1.54) is 6.42 Å². The zero-order valence-electron chi connectivity index (χ0n) is 8.41. The van der Waals surface area contributed by atoms with Crippen molar-refractivity contribution in [1.82, 2.24) is 9.55 Å². The molecule has 0 amide bonds. The summed E-state index contributed by atoms with van der Waals surface area (Å²) in [6.45, 7) is 9.01. The van der Waals surface area contributed by atoms with Gasteiger partial charge in [0.15, 0.2) is 0 Å². The average molecular weight is 166 g/mol. The van der Waals surface area contributed by atoms with Gasteiger partial charge in [0.05, 0.1) is 6.33 Å². The van der Waals surface area contributed by atoms with Crippen molar-refractivity contribution in [2.24, 2.45) is 5.92 Å². The van der Waals surface area contributed by atoms with E-state index >= 15 is 0 Å². The largest absolute Gasteiger partial charge is 0.332 e. The van der Waals surface area contributed by atoms with E-state index in [-0.39, 0.29) is 5.54 Å². The number of rotatable bonds is 3. The van der Waals surface area contributed by atoms with Crippen LogP contribution < -0.4 is 0 Å². The quantitative estimate of drug-likeness (QED) is 0.675. The molecule has 0 aromatic carbocycles. The summed E-state index contributed by atoms with van der Waals surface area (Å²) in [5, 5.41) is 0. The van der Waals surface area contributed by atoms with E-state index in [0.29, 0.717) is 5.92 Å². The lowest BCUT2D eigenvalue weighted by atomic mass is 9.87. The standard InChI is InChI=1S/C10H18N2/c1-5-9(2)10(3,4)12-7-6-11-8-12/h6-9H,5H2,1-4H3. The lowest BCUT2D eigenvalue weighted by Gasteiger charge is -2.32. The van der Waals surface area contributed by atoms with Gasteiger partial charge in [-0.1, -0.05) is 20.3 Å². The zero-order valence-corrected chi connectivity index (χ0v) is 8.41. The van der Waals surface area contributed by atoms with Crippen LogP contribution >= 0.6 is 0 Å². The Morgan fingerprint density at radius 3 is 2.58 bits per heavy atom. The third-order valence-corrected chi connectivity index (χ3v) is 2.99. The van der Waals surface area contributed by atoms with E-state index in [9.17, 15) is 0 Å². The molecule has 0 saturated carbocycles. The molecule has 0 spiro atoms. The van der Waals surface area contributed by atoms with E-state index in [4.69, 9.17) is 0 Å². The molecule has 0 bridgehead atoms. The van der Waals surface area contributed by atoms with Gasteiger partial charge in [-0.05, 0) is 19.8 Å². The van der Waals surface area contributed by atoms with E-state index in [2.05, 4.69) is 37.2 Å². The molecular weight excluding hydrogens is 148 g/mol. The number of nitrogens with zero attached hydrogens (tertiary/aromatic N) is 2. The molecule has 0 N–H and O–H groups in total. The Hall–Kier alpha value is -0.790. The summed E-state index contributed by atoms with van der Waals surface area (Å²) in [5.41, 5.74) is 0.186. The molecule has 0 aliphatic carbocycles. The van der Waals surface area contributed by atoms with Crippen molar-refractivity contribution in [2.45, 2.75) is 39.7 Å². The van der Waals surface area contributed by atoms with Crippen LogP contribution in [0.3, 0.4) is 0 Å². The minimum absolute atomic E-state index is 0.186. The highest BCUT2D eigenvalue weighted by Crippen LogP contribution is 2.27. The first-order valence-corrected chi connectivity index (χ1v) is 4.57. The summed E-state index contributed by atoms with van der Waals surface area (Å²) in [6, 6.07) is 0. The predicted octanol–water partition coefficient (Wildman–Crippen LogP) is 2.66. The van der Waals surface area contributed by atoms with Crippen LogP contribution in [-0.2, 0) is 5.54 Å². The van der Waals surface area contributed by atoms with Gasteiger partial charge < -0.3 is 4.57 Å². The Balaban J connectivity index is 2.85. The van der Waals surface area contributed by atoms with Crippen molar-refractivity contribution in [1.29, 1.82) is 0 Å². The first-order valence-electron chi connectivity index (χ1n) is 4.57.